The molecule has 2 rings (SSSR count). The van der Waals surface area contributed by atoms with E-state index in [1.54, 1.807) is 0 Å². The highest BCUT2D eigenvalue weighted by Crippen LogP contribution is 2.30. The molecule has 0 spiro atoms. The number of nitrogens with zero attached hydrogens (tertiary/aromatic N) is 2. The average molecular weight is 249 g/mol. The van der Waals surface area contributed by atoms with Crippen molar-refractivity contribution in [3.63, 3.8) is 0 Å². The summed E-state index contributed by atoms with van der Waals surface area (Å²) in [5.41, 5.74) is 1.35. The van der Waals surface area contributed by atoms with Crippen LogP contribution in [0.5, 0.6) is 0 Å². The van der Waals surface area contributed by atoms with Gasteiger partial charge in [0, 0.05) is 18.8 Å². The lowest BCUT2D eigenvalue weighted by molar-refractivity contribution is 0.418. The van der Waals surface area contributed by atoms with Crippen LogP contribution in [0.25, 0.3) is 0 Å². The van der Waals surface area contributed by atoms with Gasteiger partial charge in [-0.2, -0.15) is 0 Å². The molecule has 1 aromatic rings. The molecule has 1 fully saturated rings. The first-order valence-corrected chi connectivity index (χ1v) is 7.52. The molecule has 0 saturated heterocycles. The maximum Gasteiger partial charge on any atom is 0.0951 e. The average Bonchev–Trinajstić information content (AvgIpc) is 2.72. The van der Waals surface area contributed by atoms with Gasteiger partial charge in [-0.15, -0.1) is 0 Å². The molecule has 1 aliphatic carbocycles. The van der Waals surface area contributed by atoms with Crippen molar-refractivity contribution >= 4 is 0 Å². The lowest BCUT2D eigenvalue weighted by Gasteiger charge is -2.19. The third-order valence-corrected chi connectivity index (χ3v) is 4.10. The summed E-state index contributed by atoms with van der Waals surface area (Å²) < 4.78 is 2.42. The molecule has 1 aromatic heterocycles. The third kappa shape index (κ3) is 3.58. The second kappa shape index (κ2) is 6.93. The molecule has 18 heavy (non-hydrogen) atoms. The summed E-state index contributed by atoms with van der Waals surface area (Å²) in [6.45, 7) is 6.64. The van der Waals surface area contributed by atoms with Crippen molar-refractivity contribution in [1.82, 2.24) is 14.9 Å². The molecular weight excluding hydrogens is 222 g/mol. The smallest absolute Gasteiger partial charge is 0.0951 e. The summed E-state index contributed by atoms with van der Waals surface area (Å²) >= 11 is 0. The van der Waals surface area contributed by atoms with Crippen LogP contribution in [0.2, 0.25) is 0 Å². The molecule has 2 atom stereocenters. The molecule has 3 heteroatoms. The van der Waals surface area contributed by atoms with Gasteiger partial charge in [0.1, 0.15) is 0 Å². The Morgan fingerprint density at radius 1 is 1.33 bits per heavy atom. The van der Waals surface area contributed by atoms with Crippen LogP contribution in [0.1, 0.15) is 64.1 Å². The first-order valence-electron chi connectivity index (χ1n) is 7.52. The molecule has 1 saturated carbocycles. The Balaban J connectivity index is 1.96. The molecule has 1 N–H and O–H groups in total. The van der Waals surface area contributed by atoms with Crippen LogP contribution in [0.4, 0.5) is 0 Å². The van der Waals surface area contributed by atoms with Gasteiger partial charge in [0.15, 0.2) is 0 Å². The molecule has 0 amide bonds. The van der Waals surface area contributed by atoms with E-state index in [0.717, 1.165) is 19.0 Å². The normalized spacial score (nSPS) is 25.0. The van der Waals surface area contributed by atoms with Gasteiger partial charge in [0.05, 0.1) is 12.0 Å². The van der Waals surface area contributed by atoms with E-state index < -0.39 is 0 Å². The molecule has 1 heterocycles. The lowest BCUT2D eigenvalue weighted by Crippen LogP contribution is -2.19. The van der Waals surface area contributed by atoms with Crippen LogP contribution in [-0.4, -0.2) is 16.1 Å². The molecule has 2 unspecified atom stereocenters. The molecule has 1 aliphatic rings. The summed E-state index contributed by atoms with van der Waals surface area (Å²) in [5, 5.41) is 3.48. The quantitative estimate of drug-likeness (QED) is 0.639. The fourth-order valence-electron chi connectivity index (χ4n) is 2.94. The van der Waals surface area contributed by atoms with E-state index in [9.17, 15) is 0 Å². The minimum Gasteiger partial charge on any atom is -0.330 e. The van der Waals surface area contributed by atoms with Crippen LogP contribution >= 0.6 is 0 Å². The second-order valence-electron chi connectivity index (χ2n) is 5.74. The Morgan fingerprint density at radius 3 is 3.06 bits per heavy atom. The zero-order valence-corrected chi connectivity index (χ0v) is 11.9. The molecular formula is C15H27N3. The fourth-order valence-corrected chi connectivity index (χ4v) is 2.94. The van der Waals surface area contributed by atoms with Gasteiger partial charge in [-0.3, -0.25) is 0 Å². The van der Waals surface area contributed by atoms with E-state index in [0.29, 0.717) is 6.04 Å². The highest BCUT2D eigenvalue weighted by Gasteiger charge is 2.19. The monoisotopic (exact) mass is 249 g/mol. The third-order valence-electron chi connectivity index (χ3n) is 4.10. The highest BCUT2D eigenvalue weighted by atomic mass is 15.1. The van der Waals surface area contributed by atoms with Crippen molar-refractivity contribution in [2.75, 3.05) is 6.54 Å². The zero-order chi connectivity index (χ0) is 12.8. The van der Waals surface area contributed by atoms with Crippen LogP contribution < -0.4 is 5.32 Å². The zero-order valence-electron chi connectivity index (χ0n) is 11.9. The Bertz CT molecular complexity index is 345. The number of aromatic nitrogens is 2. The molecule has 102 valence electrons. The Kier molecular flexibility index (Phi) is 5.24. The summed E-state index contributed by atoms with van der Waals surface area (Å²) in [6.07, 6.45) is 12.0. The Hall–Kier alpha value is -0.830. The van der Waals surface area contributed by atoms with Gasteiger partial charge in [-0.25, -0.2) is 4.98 Å². The SMILES string of the molecule is CCCNCc1cncn1C1CCCC(C)CC1. The Labute approximate surface area is 111 Å². The fraction of sp³-hybridized carbons (Fsp3) is 0.800. The number of imidazole rings is 1. The van der Waals surface area contributed by atoms with Crippen LogP contribution in [-0.2, 0) is 6.54 Å². The Morgan fingerprint density at radius 2 is 2.22 bits per heavy atom. The van der Waals surface area contributed by atoms with Crippen molar-refractivity contribution in [2.45, 2.75) is 65.0 Å². The second-order valence-corrected chi connectivity index (χ2v) is 5.74. The predicted molar refractivity (Wildman–Crippen MR) is 75.5 cm³/mol. The molecule has 0 bridgehead atoms. The topological polar surface area (TPSA) is 29.9 Å². The van der Waals surface area contributed by atoms with Crippen molar-refractivity contribution < 1.29 is 0 Å². The molecule has 3 nitrogen and oxygen atoms in total. The van der Waals surface area contributed by atoms with Crippen molar-refractivity contribution in [3.05, 3.63) is 18.2 Å². The van der Waals surface area contributed by atoms with Crippen LogP contribution in [0.3, 0.4) is 0 Å². The molecule has 0 aromatic carbocycles. The minimum atomic E-state index is 0.677. The van der Waals surface area contributed by atoms with Gasteiger partial charge < -0.3 is 9.88 Å². The van der Waals surface area contributed by atoms with Crippen molar-refractivity contribution in [3.8, 4) is 0 Å². The van der Waals surface area contributed by atoms with E-state index in [-0.39, 0.29) is 0 Å². The van der Waals surface area contributed by atoms with Gasteiger partial charge in [0.25, 0.3) is 0 Å². The summed E-state index contributed by atoms with van der Waals surface area (Å²) in [6, 6.07) is 0.677. The maximum atomic E-state index is 4.35. The van der Waals surface area contributed by atoms with E-state index >= 15 is 0 Å². The van der Waals surface area contributed by atoms with Crippen molar-refractivity contribution in [1.29, 1.82) is 0 Å². The van der Waals surface area contributed by atoms with E-state index in [1.165, 1.54) is 44.2 Å². The first kappa shape index (κ1) is 13.6. The lowest BCUT2D eigenvalue weighted by atomic mass is 10.0. The summed E-state index contributed by atoms with van der Waals surface area (Å²) in [5.74, 6) is 0.903. The molecule has 0 radical (unpaired) electrons. The number of rotatable bonds is 5. The van der Waals surface area contributed by atoms with E-state index in [1.807, 2.05) is 12.5 Å². The van der Waals surface area contributed by atoms with Gasteiger partial charge >= 0.3 is 0 Å². The van der Waals surface area contributed by atoms with Gasteiger partial charge in [0.2, 0.25) is 0 Å². The van der Waals surface area contributed by atoms with E-state index in [2.05, 4.69) is 28.7 Å². The van der Waals surface area contributed by atoms with Gasteiger partial charge in [-0.1, -0.05) is 26.7 Å². The number of nitrogens with one attached hydrogen (secondary N) is 1. The van der Waals surface area contributed by atoms with E-state index in [4.69, 9.17) is 0 Å². The minimum absolute atomic E-state index is 0.677. The van der Waals surface area contributed by atoms with Gasteiger partial charge in [-0.05, 0) is 38.1 Å². The largest absolute Gasteiger partial charge is 0.330 e. The summed E-state index contributed by atoms with van der Waals surface area (Å²) in [4.78, 5) is 4.35. The number of hydrogen-bond donors (Lipinski definition) is 1. The summed E-state index contributed by atoms with van der Waals surface area (Å²) in [7, 11) is 0. The maximum absolute atomic E-state index is 4.35. The highest BCUT2D eigenvalue weighted by molar-refractivity contribution is 5.00. The van der Waals surface area contributed by atoms with Crippen LogP contribution in [0.15, 0.2) is 12.5 Å². The predicted octanol–water partition coefficient (Wildman–Crippen LogP) is 3.52. The molecule has 0 aliphatic heterocycles. The van der Waals surface area contributed by atoms with Crippen molar-refractivity contribution in [2.24, 2.45) is 5.92 Å². The standard InChI is InChI=1S/C15H27N3/c1-3-9-16-10-15-11-17-12-18(15)14-6-4-5-13(2)7-8-14/h11-14,16H,3-10H2,1-2H3. The number of hydrogen-bond acceptors (Lipinski definition) is 2. The first-order chi connectivity index (χ1) is 8.81. The van der Waals surface area contributed by atoms with Crippen LogP contribution in [0, 0.1) is 5.92 Å².